The first-order chi connectivity index (χ1) is 8.17. The Balaban J connectivity index is 1.91. The van der Waals surface area contributed by atoms with Crippen molar-refractivity contribution in [3.8, 4) is 0 Å². The third kappa shape index (κ3) is 1.83. The van der Waals surface area contributed by atoms with Crippen LogP contribution >= 0.6 is 0 Å². The molecular formula is C15H16O2. The van der Waals surface area contributed by atoms with Crippen LogP contribution in [0, 0.1) is 5.92 Å². The molecule has 0 N–H and O–H groups in total. The zero-order chi connectivity index (χ0) is 11.9. The van der Waals surface area contributed by atoms with Gasteiger partial charge in [0.05, 0.1) is 12.2 Å². The van der Waals surface area contributed by atoms with Crippen LogP contribution in [0.4, 0.5) is 0 Å². The Labute approximate surface area is 101 Å². The third-order valence-corrected chi connectivity index (χ3v) is 3.85. The van der Waals surface area contributed by atoms with E-state index in [9.17, 15) is 4.79 Å². The summed E-state index contributed by atoms with van der Waals surface area (Å²) in [4.78, 5) is 11.4. The van der Waals surface area contributed by atoms with Crippen LogP contribution < -0.4 is 0 Å². The fourth-order valence-corrected chi connectivity index (χ4v) is 2.82. The van der Waals surface area contributed by atoms with E-state index in [1.807, 2.05) is 24.3 Å². The van der Waals surface area contributed by atoms with Gasteiger partial charge in [-0.25, -0.2) is 0 Å². The fourth-order valence-electron chi connectivity index (χ4n) is 2.82. The van der Waals surface area contributed by atoms with E-state index in [2.05, 4.69) is 19.1 Å². The molecule has 17 heavy (non-hydrogen) atoms. The zero-order valence-corrected chi connectivity index (χ0v) is 9.98. The van der Waals surface area contributed by atoms with Gasteiger partial charge in [-0.3, -0.25) is 4.79 Å². The van der Waals surface area contributed by atoms with E-state index in [0.29, 0.717) is 18.9 Å². The van der Waals surface area contributed by atoms with Gasteiger partial charge in [-0.15, -0.1) is 0 Å². The van der Waals surface area contributed by atoms with Crippen LogP contribution in [-0.4, -0.2) is 12.4 Å². The minimum atomic E-state index is -0.270. The van der Waals surface area contributed by atoms with Gasteiger partial charge in [0.2, 0.25) is 0 Å². The average Bonchev–Trinajstić information content (AvgIpc) is 2.69. The van der Waals surface area contributed by atoms with Gasteiger partial charge in [-0.1, -0.05) is 35.9 Å². The Kier molecular flexibility index (Phi) is 2.40. The average molecular weight is 228 g/mol. The molecule has 2 atom stereocenters. The number of ketones is 1. The Morgan fingerprint density at radius 3 is 2.82 bits per heavy atom. The molecule has 0 amide bonds. The van der Waals surface area contributed by atoms with Crippen molar-refractivity contribution in [2.45, 2.75) is 25.4 Å². The minimum absolute atomic E-state index is 0.255. The standard InChI is InChI=1S/C15H16O2/c1-15(13-5-3-2-4-6-13)9-11-7-14(16)8-12(11)10-17-15/h2-7,12H,8-10H2,1H3/t12-,15+/m0/s1. The molecule has 1 aromatic carbocycles. The predicted octanol–water partition coefficient (Wildman–Crippen LogP) is 2.84. The summed E-state index contributed by atoms with van der Waals surface area (Å²) in [6.45, 7) is 2.78. The van der Waals surface area contributed by atoms with E-state index in [1.54, 1.807) is 0 Å². The Morgan fingerprint density at radius 1 is 1.29 bits per heavy atom. The number of benzene rings is 1. The maximum Gasteiger partial charge on any atom is 0.156 e. The van der Waals surface area contributed by atoms with Gasteiger partial charge in [-0.2, -0.15) is 0 Å². The van der Waals surface area contributed by atoms with Crippen LogP contribution in [0.15, 0.2) is 42.0 Å². The molecule has 0 spiro atoms. The lowest BCUT2D eigenvalue weighted by Gasteiger charge is -2.38. The Morgan fingerprint density at radius 2 is 2.06 bits per heavy atom. The molecule has 1 aliphatic heterocycles. The van der Waals surface area contributed by atoms with Crippen molar-refractivity contribution in [2.24, 2.45) is 5.92 Å². The van der Waals surface area contributed by atoms with Crippen molar-refractivity contribution < 1.29 is 9.53 Å². The van der Waals surface area contributed by atoms with Crippen LogP contribution in [-0.2, 0) is 15.1 Å². The summed E-state index contributed by atoms with van der Waals surface area (Å²) in [6.07, 6.45) is 3.31. The third-order valence-electron chi connectivity index (χ3n) is 3.85. The van der Waals surface area contributed by atoms with Gasteiger partial charge in [0.25, 0.3) is 0 Å². The Hall–Kier alpha value is -1.41. The van der Waals surface area contributed by atoms with Crippen LogP contribution in [0.1, 0.15) is 25.3 Å². The first kappa shape index (κ1) is 10.7. The number of hydrogen-bond donors (Lipinski definition) is 0. The van der Waals surface area contributed by atoms with Crippen LogP contribution in [0.25, 0.3) is 0 Å². The lowest BCUT2D eigenvalue weighted by Crippen LogP contribution is -2.34. The van der Waals surface area contributed by atoms with Crippen molar-refractivity contribution >= 4 is 5.78 Å². The molecule has 2 nitrogen and oxygen atoms in total. The molecule has 0 saturated carbocycles. The van der Waals surface area contributed by atoms with Gasteiger partial charge in [-0.05, 0) is 18.6 Å². The fraction of sp³-hybridized carbons (Fsp3) is 0.400. The zero-order valence-electron chi connectivity index (χ0n) is 9.98. The summed E-state index contributed by atoms with van der Waals surface area (Å²) in [5.41, 5.74) is 2.19. The summed E-state index contributed by atoms with van der Waals surface area (Å²) in [6, 6.07) is 10.3. The number of fused-ring (bicyclic) bond motifs is 1. The number of carbonyl (C=O) groups is 1. The van der Waals surface area contributed by atoms with Crippen molar-refractivity contribution in [1.82, 2.24) is 0 Å². The molecule has 2 aliphatic rings. The van der Waals surface area contributed by atoms with Crippen molar-refractivity contribution in [3.63, 3.8) is 0 Å². The summed E-state index contributed by atoms with van der Waals surface area (Å²) < 4.78 is 6.02. The molecule has 88 valence electrons. The highest BCUT2D eigenvalue weighted by atomic mass is 16.5. The normalized spacial score (nSPS) is 32.2. The molecule has 1 fully saturated rings. The molecule has 2 heteroatoms. The maximum atomic E-state index is 11.4. The molecule has 1 aliphatic carbocycles. The number of ether oxygens (including phenoxy) is 1. The van der Waals surface area contributed by atoms with E-state index in [0.717, 1.165) is 6.42 Å². The summed E-state index contributed by atoms with van der Waals surface area (Å²) >= 11 is 0. The van der Waals surface area contributed by atoms with Gasteiger partial charge < -0.3 is 4.74 Å². The van der Waals surface area contributed by atoms with E-state index >= 15 is 0 Å². The highest BCUT2D eigenvalue weighted by molar-refractivity contribution is 5.93. The summed E-state index contributed by atoms with van der Waals surface area (Å²) in [5.74, 6) is 0.588. The van der Waals surface area contributed by atoms with Crippen LogP contribution in [0.3, 0.4) is 0 Å². The number of carbonyl (C=O) groups excluding carboxylic acids is 1. The molecule has 0 bridgehead atoms. The highest BCUT2D eigenvalue weighted by Crippen LogP contribution is 2.42. The molecule has 1 saturated heterocycles. The molecule has 1 heterocycles. The van der Waals surface area contributed by atoms with Gasteiger partial charge in [0.1, 0.15) is 0 Å². The van der Waals surface area contributed by atoms with Crippen molar-refractivity contribution in [3.05, 3.63) is 47.5 Å². The van der Waals surface area contributed by atoms with Gasteiger partial charge in [0.15, 0.2) is 5.78 Å². The van der Waals surface area contributed by atoms with E-state index in [-0.39, 0.29) is 11.4 Å². The smallest absolute Gasteiger partial charge is 0.156 e. The highest BCUT2D eigenvalue weighted by Gasteiger charge is 2.39. The topological polar surface area (TPSA) is 26.3 Å². The monoisotopic (exact) mass is 228 g/mol. The van der Waals surface area contributed by atoms with Gasteiger partial charge >= 0.3 is 0 Å². The molecule has 0 aromatic heterocycles. The SMILES string of the molecule is C[C@]1(c2ccccc2)CC2=CC(=O)C[C@H]2CO1. The number of allylic oxidation sites excluding steroid dienone is 1. The maximum absolute atomic E-state index is 11.4. The first-order valence-corrected chi connectivity index (χ1v) is 6.10. The molecular weight excluding hydrogens is 212 g/mol. The number of hydrogen-bond acceptors (Lipinski definition) is 2. The Bertz CT molecular complexity index is 475. The lowest BCUT2D eigenvalue weighted by molar-refractivity contribution is -0.116. The minimum Gasteiger partial charge on any atom is -0.370 e. The largest absolute Gasteiger partial charge is 0.370 e. The van der Waals surface area contributed by atoms with Crippen molar-refractivity contribution in [1.29, 1.82) is 0 Å². The lowest BCUT2D eigenvalue weighted by atomic mass is 9.82. The predicted molar refractivity (Wildman–Crippen MR) is 65.6 cm³/mol. The van der Waals surface area contributed by atoms with Gasteiger partial charge in [0, 0.05) is 18.8 Å². The van der Waals surface area contributed by atoms with Crippen LogP contribution in [0.2, 0.25) is 0 Å². The quantitative estimate of drug-likeness (QED) is 0.738. The second-order valence-electron chi connectivity index (χ2n) is 5.17. The summed E-state index contributed by atoms with van der Waals surface area (Å²) in [5, 5.41) is 0. The summed E-state index contributed by atoms with van der Waals surface area (Å²) in [7, 11) is 0. The van der Waals surface area contributed by atoms with Crippen molar-refractivity contribution in [2.75, 3.05) is 6.61 Å². The second-order valence-corrected chi connectivity index (χ2v) is 5.17. The van der Waals surface area contributed by atoms with E-state index in [4.69, 9.17) is 4.74 Å². The number of rotatable bonds is 1. The second kappa shape index (κ2) is 3.81. The van der Waals surface area contributed by atoms with Crippen LogP contribution in [0.5, 0.6) is 0 Å². The van der Waals surface area contributed by atoms with E-state index < -0.39 is 0 Å². The van der Waals surface area contributed by atoms with E-state index in [1.165, 1.54) is 11.1 Å². The molecule has 0 unspecified atom stereocenters. The molecule has 3 rings (SSSR count). The first-order valence-electron chi connectivity index (χ1n) is 6.10. The molecule has 0 radical (unpaired) electrons. The molecule has 1 aromatic rings.